The van der Waals surface area contributed by atoms with Gasteiger partial charge in [-0.15, -0.1) is 59.7 Å². The van der Waals surface area contributed by atoms with Crippen LogP contribution in [0.2, 0.25) is 0 Å². The molecule has 3 aromatic heterocycles. The zero-order valence-corrected chi connectivity index (χ0v) is 26.2. The van der Waals surface area contributed by atoms with E-state index in [0.717, 1.165) is 44.5 Å². The van der Waals surface area contributed by atoms with Gasteiger partial charge in [-0.2, -0.15) is 0 Å². The first-order chi connectivity index (χ1) is 20.0. The number of benzene rings is 4. The third-order valence-electron chi connectivity index (χ3n) is 7.46. The van der Waals surface area contributed by atoms with E-state index >= 15 is 0 Å². The van der Waals surface area contributed by atoms with Crippen molar-refractivity contribution in [3.8, 4) is 22.5 Å². The molecule has 0 atom stereocenters. The first-order valence-electron chi connectivity index (χ1n) is 13.7. The Morgan fingerprint density at radius 1 is 0.643 bits per heavy atom. The number of para-hydroxylation sites is 1. The number of nitrogens with zero attached hydrogens (tertiary/aromatic N) is 2. The van der Waals surface area contributed by atoms with Gasteiger partial charge in [0.1, 0.15) is 5.58 Å². The Hall–Kier alpha value is -4.37. The molecule has 0 fully saturated rings. The van der Waals surface area contributed by atoms with E-state index in [1.165, 1.54) is 16.7 Å². The van der Waals surface area contributed by atoms with E-state index in [1.807, 2.05) is 73.9 Å². The standard InChI is InChI=1S/C26H20NO.C12H10N.Ir/c1-26(2,19-8-4-3-5-9-19)20-14-15-27-23(17-20)18-12-13-25-22(16-18)21-10-6-7-11-24(21)28-25;1-10-7-8-12(13-9-10)11-5-3-2-4-6-11;/h3-11,13-17H,1-2H3;2-5,7-9H,1H3;/q2*-1;. The Labute approximate surface area is 260 Å². The first-order valence-corrected chi connectivity index (χ1v) is 13.7. The Kier molecular flexibility index (Phi) is 8.77. The van der Waals surface area contributed by atoms with Crippen molar-refractivity contribution in [2.45, 2.75) is 26.2 Å². The molecule has 42 heavy (non-hydrogen) atoms. The van der Waals surface area contributed by atoms with Crippen molar-refractivity contribution in [2.24, 2.45) is 0 Å². The van der Waals surface area contributed by atoms with Gasteiger partial charge in [0, 0.05) is 43.3 Å². The maximum absolute atomic E-state index is 5.93. The van der Waals surface area contributed by atoms with E-state index in [9.17, 15) is 0 Å². The molecule has 0 spiro atoms. The van der Waals surface area contributed by atoms with Gasteiger partial charge in [0.05, 0.1) is 5.58 Å². The van der Waals surface area contributed by atoms with Crippen LogP contribution in [0.5, 0.6) is 0 Å². The van der Waals surface area contributed by atoms with E-state index in [4.69, 9.17) is 4.42 Å². The van der Waals surface area contributed by atoms with Crippen LogP contribution in [0.25, 0.3) is 44.5 Å². The van der Waals surface area contributed by atoms with E-state index in [1.54, 1.807) is 0 Å². The fraction of sp³-hybridized carbons (Fsp3) is 0.105. The van der Waals surface area contributed by atoms with Gasteiger partial charge >= 0.3 is 0 Å². The van der Waals surface area contributed by atoms with Crippen LogP contribution in [0.4, 0.5) is 0 Å². The van der Waals surface area contributed by atoms with E-state index in [-0.39, 0.29) is 25.5 Å². The van der Waals surface area contributed by atoms with Crippen LogP contribution in [0.3, 0.4) is 0 Å². The number of hydrogen-bond acceptors (Lipinski definition) is 3. The Morgan fingerprint density at radius 2 is 1.43 bits per heavy atom. The normalized spacial score (nSPS) is 11.0. The second-order valence-electron chi connectivity index (χ2n) is 10.6. The van der Waals surface area contributed by atoms with Crippen LogP contribution in [0, 0.1) is 19.1 Å². The summed E-state index contributed by atoms with van der Waals surface area (Å²) in [5, 5.41) is 2.22. The molecule has 0 aliphatic carbocycles. The average Bonchev–Trinajstić information content (AvgIpc) is 3.41. The summed E-state index contributed by atoms with van der Waals surface area (Å²) in [7, 11) is 0. The summed E-state index contributed by atoms with van der Waals surface area (Å²) in [6.07, 6.45) is 3.76. The molecule has 0 saturated heterocycles. The molecule has 3 heterocycles. The molecular formula is C38H30IrN2O-2. The third-order valence-corrected chi connectivity index (χ3v) is 7.46. The summed E-state index contributed by atoms with van der Waals surface area (Å²) >= 11 is 0. The molecule has 0 N–H and O–H groups in total. The fourth-order valence-corrected chi connectivity index (χ4v) is 4.99. The number of rotatable bonds is 4. The fourth-order valence-electron chi connectivity index (χ4n) is 4.99. The largest absolute Gasteiger partial charge is 0.500 e. The number of aromatic nitrogens is 2. The van der Waals surface area contributed by atoms with Gasteiger partial charge in [-0.05, 0) is 47.1 Å². The summed E-state index contributed by atoms with van der Waals surface area (Å²) in [6.45, 7) is 6.53. The van der Waals surface area contributed by atoms with Gasteiger partial charge in [0.2, 0.25) is 0 Å². The zero-order chi connectivity index (χ0) is 28.2. The van der Waals surface area contributed by atoms with Gasteiger partial charge in [-0.3, -0.25) is 0 Å². The topological polar surface area (TPSA) is 38.9 Å². The molecule has 0 amide bonds. The minimum absolute atomic E-state index is 0. The molecule has 1 radical (unpaired) electrons. The van der Waals surface area contributed by atoms with E-state index < -0.39 is 0 Å². The summed E-state index contributed by atoms with van der Waals surface area (Å²) in [6, 6.07) is 45.4. The molecule has 3 nitrogen and oxygen atoms in total. The van der Waals surface area contributed by atoms with Crippen molar-refractivity contribution in [1.29, 1.82) is 0 Å². The van der Waals surface area contributed by atoms with Crippen LogP contribution >= 0.6 is 0 Å². The van der Waals surface area contributed by atoms with Crippen LogP contribution in [0.15, 0.2) is 132 Å². The smallest absolute Gasteiger partial charge is 0.120 e. The molecule has 209 valence electrons. The Morgan fingerprint density at radius 3 is 2.19 bits per heavy atom. The van der Waals surface area contributed by atoms with Gasteiger partial charge in [0.15, 0.2) is 0 Å². The van der Waals surface area contributed by atoms with Crippen molar-refractivity contribution in [3.63, 3.8) is 0 Å². The first kappa shape index (κ1) is 29.1. The van der Waals surface area contributed by atoms with Crippen LogP contribution in [0.1, 0.15) is 30.5 Å². The molecular weight excluding hydrogens is 693 g/mol. The minimum Gasteiger partial charge on any atom is -0.500 e. The number of fused-ring (bicyclic) bond motifs is 3. The predicted molar refractivity (Wildman–Crippen MR) is 168 cm³/mol. The van der Waals surface area contributed by atoms with Gasteiger partial charge in [-0.1, -0.05) is 86.0 Å². The van der Waals surface area contributed by atoms with Crippen LogP contribution in [-0.2, 0) is 25.5 Å². The summed E-state index contributed by atoms with van der Waals surface area (Å²) < 4.78 is 5.93. The zero-order valence-electron chi connectivity index (χ0n) is 23.8. The second kappa shape index (κ2) is 12.6. The van der Waals surface area contributed by atoms with Crippen molar-refractivity contribution in [1.82, 2.24) is 9.97 Å². The molecule has 4 aromatic carbocycles. The number of hydrogen-bond donors (Lipinski definition) is 0. The number of pyridine rings is 2. The van der Waals surface area contributed by atoms with Crippen molar-refractivity contribution >= 4 is 21.9 Å². The maximum atomic E-state index is 5.93. The Bertz CT molecular complexity index is 1910. The average molecular weight is 723 g/mol. The second-order valence-corrected chi connectivity index (χ2v) is 10.6. The Balaban J connectivity index is 0.000000212. The monoisotopic (exact) mass is 723 g/mol. The van der Waals surface area contributed by atoms with E-state index in [2.05, 4.69) is 96.6 Å². The molecule has 0 unspecified atom stereocenters. The molecule has 0 aliphatic rings. The van der Waals surface area contributed by atoms with Crippen molar-refractivity contribution in [2.75, 3.05) is 0 Å². The van der Waals surface area contributed by atoms with Crippen LogP contribution in [-0.4, -0.2) is 9.97 Å². The molecule has 4 heteroatoms. The third kappa shape index (κ3) is 6.11. The summed E-state index contributed by atoms with van der Waals surface area (Å²) in [4.78, 5) is 8.94. The molecule has 7 aromatic rings. The number of furan rings is 1. The van der Waals surface area contributed by atoms with Gasteiger partial charge in [0.25, 0.3) is 0 Å². The molecule has 0 aliphatic heterocycles. The quantitative estimate of drug-likeness (QED) is 0.170. The van der Waals surface area contributed by atoms with Crippen molar-refractivity contribution in [3.05, 3.63) is 156 Å². The molecule has 0 saturated carbocycles. The molecule has 0 bridgehead atoms. The molecule has 7 rings (SSSR count). The van der Waals surface area contributed by atoms with Crippen LogP contribution < -0.4 is 0 Å². The van der Waals surface area contributed by atoms with Crippen molar-refractivity contribution < 1.29 is 24.5 Å². The predicted octanol–water partition coefficient (Wildman–Crippen LogP) is 9.63. The summed E-state index contributed by atoms with van der Waals surface area (Å²) in [5.74, 6) is 0. The minimum atomic E-state index is -0.106. The number of aryl methyl sites for hydroxylation is 1. The van der Waals surface area contributed by atoms with Gasteiger partial charge < -0.3 is 14.4 Å². The van der Waals surface area contributed by atoms with Gasteiger partial charge in [-0.25, -0.2) is 0 Å². The summed E-state index contributed by atoms with van der Waals surface area (Å²) in [5.41, 5.74) is 9.26. The SMILES string of the molecule is CC(C)(c1ccccc1)c1ccnc(-c2[c-]cc3oc4ccccc4c3c2)c1.Cc1ccc(-c2[c-]cccc2)nc1.[Ir]. The maximum Gasteiger partial charge on any atom is 0.120 e. The van der Waals surface area contributed by atoms with E-state index in [0.29, 0.717) is 0 Å².